The van der Waals surface area contributed by atoms with Crippen molar-refractivity contribution in [3.05, 3.63) is 24.5 Å². The molecule has 0 unspecified atom stereocenters. The minimum absolute atomic E-state index is 0.0862. The first kappa shape index (κ1) is 9.80. The van der Waals surface area contributed by atoms with Gasteiger partial charge in [-0.1, -0.05) is 13.8 Å². The zero-order valence-electron chi connectivity index (χ0n) is 7.81. The van der Waals surface area contributed by atoms with E-state index in [1.54, 1.807) is 24.5 Å². The fraction of sp³-hybridized carbons (Fsp3) is 0.444. The summed E-state index contributed by atoms with van der Waals surface area (Å²) in [4.78, 5) is 16.2. The van der Waals surface area contributed by atoms with Crippen molar-refractivity contribution in [2.45, 2.75) is 19.9 Å². The second-order valence-corrected chi connectivity index (χ2v) is 3.22. The molecular weight excluding hydrogens is 168 g/mol. The molecule has 0 spiro atoms. The Morgan fingerprint density at radius 1 is 1.38 bits per heavy atom. The van der Waals surface area contributed by atoms with Crippen molar-refractivity contribution in [1.82, 2.24) is 4.73 Å². The van der Waals surface area contributed by atoms with Crippen molar-refractivity contribution < 1.29 is 9.63 Å². The molecule has 0 bridgehead atoms. The highest BCUT2D eigenvalue weighted by molar-refractivity contribution is 5.76. The summed E-state index contributed by atoms with van der Waals surface area (Å²) in [5.41, 5.74) is 5.59. The smallest absolute Gasteiger partial charge is 0.335 e. The quantitative estimate of drug-likeness (QED) is 0.737. The van der Waals surface area contributed by atoms with Gasteiger partial charge in [0.2, 0.25) is 0 Å². The predicted octanol–water partition coefficient (Wildman–Crippen LogP) is 0.427. The van der Waals surface area contributed by atoms with Crippen LogP contribution < -0.4 is 10.6 Å². The number of rotatable bonds is 3. The largest absolute Gasteiger partial charge is 0.349 e. The molecule has 0 saturated carbocycles. The monoisotopic (exact) mass is 182 g/mol. The lowest BCUT2D eigenvalue weighted by Crippen LogP contribution is -2.41. The molecule has 0 aliphatic rings. The lowest BCUT2D eigenvalue weighted by atomic mass is 10.1. The fourth-order valence-electron chi connectivity index (χ4n) is 0.816. The maximum Gasteiger partial charge on any atom is 0.349 e. The third-order valence-corrected chi connectivity index (χ3v) is 1.76. The first-order valence-electron chi connectivity index (χ1n) is 4.22. The van der Waals surface area contributed by atoms with Crippen LogP contribution in [0.25, 0.3) is 0 Å². The first-order chi connectivity index (χ1) is 6.11. The maximum atomic E-state index is 11.3. The third-order valence-electron chi connectivity index (χ3n) is 1.76. The zero-order chi connectivity index (χ0) is 9.84. The number of carbonyl (C=O) groups is 1. The molecule has 0 aliphatic heterocycles. The topological polar surface area (TPSA) is 57.3 Å². The highest BCUT2D eigenvalue weighted by Gasteiger charge is 2.19. The molecule has 1 aromatic heterocycles. The van der Waals surface area contributed by atoms with Crippen molar-refractivity contribution in [3.8, 4) is 0 Å². The SMILES string of the molecule is CC(C)[C@H](N)C(=O)On1cccc1. The molecule has 0 fully saturated rings. The van der Waals surface area contributed by atoms with Crippen LogP contribution in [0.1, 0.15) is 13.8 Å². The van der Waals surface area contributed by atoms with Gasteiger partial charge in [0.25, 0.3) is 0 Å². The van der Waals surface area contributed by atoms with Gasteiger partial charge >= 0.3 is 5.97 Å². The zero-order valence-corrected chi connectivity index (χ0v) is 7.81. The average molecular weight is 182 g/mol. The van der Waals surface area contributed by atoms with Gasteiger partial charge in [0, 0.05) is 12.4 Å². The Morgan fingerprint density at radius 2 is 1.92 bits per heavy atom. The van der Waals surface area contributed by atoms with Crippen molar-refractivity contribution in [2.75, 3.05) is 0 Å². The van der Waals surface area contributed by atoms with Crippen molar-refractivity contribution in [3.63, 3.8) is 0 Å². The van der Waals surface area contributed by atoms with Crippen LogP contribution in [0.2, 0.25) is 0 Å². The first-order valence-corrected chi connectivity index (χ1v) is 4.22. The summed E-state index contributed by atoms with van der Waals surface area (Å²) in [5, 5.41) is 0. The van der Waals surface area contributed by atoms with Crippen LogP contribution in [0, 0.1) is 5.92 Å². The van der Waals surface area contributed by atoms with E-state index in [-0.39, 0.29) is 5.92 Å². The van der Waals surface area contributed by atoms with E-state index in [0.29, 0.717) is 0 Å². The molecule has 1 atom stereocenters. The fourth-order valence-corrected chi connectivity index (χ4v) is 0.816. The summed E-state index contributed by atoms with van der Waals surface area (Å²) in [7, 11) is 0. The Labute approximate surface area is 77.2 Å². The number of hydrogen-bond donors (Lipinski definition) is 1. The standard InChI is InChI=1S/C9H14N2O2/c1-7(2)8(10)9(12)13-11-5-3-4-6-11/h3-8H,10H2,1-2H3/t8-/m0/s1. The van der Waals surface area contributed by atoms with E-state index in [2.05, 4.69) is 0 Å². The van der Waals surface area contributed by atoms with E-state index in [1.165, 1.54) is 4.73 Å². The normalized spacial score (nSPS) is 12.9. The van der Waals surface area contributed by atoms with Gasteiger partial charge in [-0.15, -0.1) is 0 Å². The van der Waals surface area contributed by atoms with E-state index >= 15 is 0 Å². The Kier molecular flexibility index (Phi) is 3.08. The van der Waals surface area contributed by atoms with Crippen LogP contribution in [0.3, 0.4) is 0 Å². The molecule has 0 aliphatic carbocycles. The number of hydrogen-bond acceptors (Lipinski definition) is 3. The van der Waals surface area contributed by atoms with Gasteiger partial charge < -0.3 is 10.6 Å². The van der Waals surface area contributed by atoms with Crippen LogP contribution in [0.15, 0.2) is 24.5 Å². The average Bonchev–Trinajstić information content (AvgIpc) is 2.55. The summed E-state index contributed by atoms with van der Waals surface area (Å²) >= 11 is 0. The second-order valence-electron chi connectivity index (χ2n) is 3.22. The number of carbonyl (C=O) groups excluding carboxylic acids is 1. The van der Waals surface area contributed by atoms with Gasteiger partial charge in [0.1, 0.15) is 6.04 Å². The van der Waals surface area contributed by atoms with E-state index in [1.807, 2.05) is 13.8 Å². The van der Waals surface area contributed by atoms with Crippen LogP contribution in [-0.4, -0.2) is 16.7 Å². The van der Waals surface area contributed by atoms with Gasteiger partial charge in [0.05, 0.1) is 0 Å². The second kappa shape index (κ2) is 4.09. The lowest BCUT2D eigenvalue weighted by Gasteiger charge is -2.13. The van der Waals surface area contributed by atoms with Gasteiger partial charge in [-0.25, -0.2) is 4.79 Å². The Balaban J connectivity index is 2.51. The molecule has 2 N–H and O–H groups in total. The van der Waals surface area contributed by atoms with E-state index in [9.17, 15) is 4.79 Å². The van der Waals surface area contributed by atoms with Gasteiger partial charge in [-0.2, -0.15) is 4.73 Å². The molecule has 1 rings (SSSR count). The van der Waals surface area contributed by atoms with Gasteiger partial charge in [0.15, 0.2) is 0 Å². The van der Waals surface area contributed by atoms with Gasteiger partial charge in [-0.05, 0) is 18.1 Å². The molecule has 13 heavy (non-hydrogen) atoms. The summed E-state index contributed by atoms with van der Waals surface area (Å²) in [6.45, 7) is 3.75. The summed E-state index contributed by atoms with van der Waals surface area (Å²) < 4.78 is 1.34. The molecule has 4 heteroatoms. The van der Waals surface area contributed by atoms with E-state index < -0.39 is 12.0 Å². The number of nitrogens with zero attached hydrogens (tertiary/aromatic N) is 1. The predicted molar refractivity (Wildman–Crippen MR) is 48.8 cm³/mol. The molecule has 0 aromatic carbocycles. The molecular formula is C9H14N2O2. The molecule has 4 nitrogen and oxygen atoms in total. The number of aromatic nitrogens is 1. The highest BCUT2D eigenvalue weighted by atomic mass is 16.7. The van der Waals surface area contributed by atoms with Crippen LogP contribution in [0.5, 0.6) is 0 Å². The molecule has 1 heterocycles. The maximum absolute atomic E-state index is 11.3. The Hall–Kier alpha value is -1.29. The summed E-state index contributed by atoms with van der Waals surface area (Å²) in [6, 6.07) is 2.98. The summed E-state index contributed by atoms with van der Waals surface area (Å²) in [6.07, 6.45) is 3.29. The lowest BCUT2D eigenvalue weighted by molar-refractivity contribution is -0.146. The van der Waals surface area contributed by atoms with E-state index in [0.717, 1.165) is 0 Å². The molecule has 0 radical (unpaired) electrons. The van der Waals surface area contributed by atoms with Crippen molar-refractivity contribution in [2.24, 2.45) is 11.7 Å². The minimum atomic E-state index is -0.567. The minimum Gasteiger partial charge on any atom is -0.335 e. The Morgan fingerprint density at radius 3 is 2.38 bits per heavy atom. The Bertz CT molecular complexity index is 267. The molecule has 0 saturated heterocycles. The number of nitrogens with two attached hydrogens (primary N) is 1. The van der Waals surface area contributed by atoms with Crippen molar-refractivity contribution >= 4 is 5.97 Å². The van der Waals surface area contributed by atoms with Crippen molar-refractivity contribution in [1.29, 1.82) is 0 Å². The highest BCUT2D eigenvalue weighted by Crippen LogP contribution is 1.99. The summed E-state index contributed by atoms with van der Waals surface area (Å²) in [5.74, 6) is -0.325. The van der Waals surface area contributed by atoms with Crippen LogP contribution in [-0.2, 0) is 4.79 Å². The molecule has 1 aromatic rings. The van der Waals surface area contributed by atoms with Crippen LogP contribution in [0.4, 0.5) is 0 Å². The molecule has 72 valence electrons. The van der Waals surface area contributed by atoms with Gasteiger partial charge in [-0.3, -0.25) is 0 Å². The van der Waals surface area contributed by atoms with E-state index in [4.69, 9.17) is 10.6 Å². The third kappa shape index (κ3) is 2.59. The van der Waals surface area contributed by atoms with Crippen LogP contribution >= 0.6 is 0 Å². The molecule has 0 amide bonds.